The molecule has 2 aromatic rings. The van der Waals surface area contributed by atoms with Gasteiger partial charge < -0.3 is 4.74 Å². The quantitative estimate of drug-likeness (QED) is 0.852. The van der Waals surface area contributed by atoms with Crippen molar-refractivity contribution in [3.8, 4) is 5.88 Å². The van der Waals surface area contributed by atoms with E-state index in [0.717, 1.165) is 17.9 Å². The Hall–Kier alpha value is -1.13. The molecule has 0 N–H and O–H groups in total. The van der Waals surface area contributed by atoms with E-state index in [1.54, 1.807) is 6.20 Å². The molecule has 0 aliphatic heterocycles. The molecule has 0 saturated heterocycles. The summed E-state index contributed by atoms with van der Waals surface area (Å²) in [5.41, 5.74) is 1.46. The first kappa shape index (κ1) is 11.0. The number of ether oxygens (including phenoxy) is 1. The Bertz CT molecular complexity index is 494. The van der Waals surface area contributed by atoms with Crippen LogP contribution in [0.1, 0.15) is 18.4 Å². The topological polar surface area (TPSA) is 35.0 Å². The Morgan fingerprint density at radius 1 is 1.29 bits per heavy atom. The molecule has 5 heteroatoms. The average Bonchev–Trinajstić information content (AvgIpc) is 2.95. The SMILES string of the molecule is Clc1ccc(C2(COc3cnsn3)CC2)cc1. The van der Waals surface area contributed by atoms with Gasteiger partial charge in [0.25, 0.3) is 0 Å². The molecule has 1 aliphatic carbocycles. The molecule has 0 atom stereocenters. The van der Waals surface area contributed by atoms with Crippen molar-refractivity contribution < 1.29 is 4.74 Å². The third kappa shape index (κ3) is 2.28. The van der Waals surface area contributed by atoms with E-state index in [4.69, 9.17) is 16.3 Å². The zero-order chi connectivity index (χ0) is 11.7. The van der Waals surface area contributed by atoms with Crippen LogP contribution in [0.2, 0.25) is 5.02 Å². The first-order valence-electron chi connectivity index (χ1n) is 5.45. The van der Waals surface area contributed by atoms with Gasteiger partial charge in [0.1, 0.15) is 6.20 Å². The van der Waals surface area contributed by atoms with E-state index in [1.807, 2.05) is 12.1 Å². The summed E-state index contributed by atoms with van der Waals surface area (Å²) in [5.74, 6) is 0.621. The van der Waals surface area contributed by atoms with Crippen molar-refractivity contribution in [2.45, 2.75) is 18.3 Å². The van der Waals surface area contributed by atoms with Gasteiger partial charge in [-0.3, -0.25) is 0 Å². The standard InChI is InChI=1S/C12H11ClN2OS/c13-10-3-1-9(2-4-10)12(5-6-12)8-16-11-7-14-17-15-11/h1-4,7H,5-6,8H2. The van der Waals surface area contributed by atoms with E-state index in [-0.39, 0.29) is 5.41 Å². The highest BCUT2D eigenvalue weighted by atomic mass is 35.5. The van der Waals surface area contributed by atoms with Crippen molar-refractivity contribution in [1.82, 2.24) is 8.75 Å². The molecule has 0 spiro atoms. The van der Waals surface area contributed by atoms with Gasteiger partial charge in [-0.05, 0) is 30.5 Å². The van der Waals surface area contributed by atoms with Crippen molar-refractivity contribution in [1.29, 1.82) is 0 Å². The van der Waals surface area contributed by atoms with E-state index < -0.39 is 0 Å². The minimum Gasteiger partial charge on any atom is -0.475 e. The molecule has 0 radical (unpaired) electrons. The lowest BCUT2D eigenvalue weighted by atomic mass is 9.97. The number of aromatic nitrogens is 2. The van der Waals surface area contributed by atoms with Crippen molar-refractivity contribution in [3.05, 3.63) is 41.0 Å². The van der Waals surface area contributed by atoms with Crippen LogP contribution in [0.3, 0.4) is 0 Å². The molecule has 1 saturated carbocycles. The second kappa shape index (κ2) is 4.27. The molecule has 88 valence electrons. The Balaban J connectivity index is 1.71. The maximum atomic E-state index is 5.89. The molecule has 3 rings (SSSR count). The normalized spacial score (nSPS) is 16.8. The molecule has 1 aromatic carbocycles. The third-order valence-corrected chi connectivity index (χ3v) is 3.86. The second-order valence-corrected chi connectivity index (χ2v) is 5.31. The van der Waals surface area contributed by atoms with Gasteiger partial charge in [0.05, 0.1) is 18.3 Å². The van der Waals surface area contributed by atoms with Gasteiger partial charge in [-0.2, -0.15) is 4.37 Å². The number of benzene rings is 1. The number of hydrogen-bond acceptors (Lipinski definition) is 4. The molecule has 1 aromatic heterocycles. The van der Waals surface area contributed by atoms with Crippen LogP contribution in [-0.2, 0) is 5.41 Å². The number of halogens is 1. The maximum Gasteiger partial charge on any atom is 0.245 e. The lowest BCUT2D eigenvalue weighted by Crippen LogP contribution is -2.17. The average molecular weight is 267 g/mol. The summed E-state index contributed by atoms with van der Waals surface area (Å²) in [6, 6.07) is 8.03. The Morgan fingerprint density at radius 3 is 2.65 bits per heavy atom. The summed E-state index contributed by atoms with van der Waals surface area (Å²) >= 11 is 7.06. The summed E-state index contributed by atoms with van der Waals surface area (Å²) in [6.45, 7) is 0.667. The first-order valence-corrected chi connectivity index (χ1v) is 6.56. The summed E-state index contributed by atoms with van der Waals surface area (Å²) in [6.07, 6.45) is 3.97. The van der Waals surface area contributed by atoms with Gasteiger partial charge in [-0.25, -0.2) is 0 Å². The van der Waals surface area contributed by atoms with Gasteiger partial charge in [-0.1, -0.05) is 23.7 Å². The van der Waals surface area contributed by atoms with E-state index in [9.17, 15) is 0 Å². The molecule has 17 heavy (non-hydrogen) atoms. The van der Waals surface area contributed by atoms with Crippen LogP contribution < -0.4 is 4.74 Å². The summed E-state index contributed by atoms with van der Waals surface area (Å²) in [5, 5.41) is 0.772. The smallest absolute Gasteiger partial charge is 0.245 e. The molecular formula is C12H11ClN2OS. The fourth-order valence-corrected chi connectivity index (χ4v) is 2.39. The molecule has 1 fully saturated rings. The minimum absolute atomic E-state index is 0.161. The molecular weight excluding hydrogens is 256 g/mol. The Kier molecular flexibility index (Phi) is 2.76. The van der Waals surface area contributed by atoms with Crippen LogP contribution in [0, 0.1) is 0 Å². The fraction of sp³-hybridized carbons (Fsp3) is 0.333. The number of hydrogen-bond donors (Lipinski definition) is 0. The van der Waals surface area contributed by atoms with Crippen LogP contribution in [0.5, 0.6) is 5.88 Å². The van der Waals surface area contributed by atoms with Crippen LogP contribution in [0.4, 0.5) is 0 Å². The summed E-state index contributed by atoms with van der Waals surface area (Å²) < 4.78 is 13.6. The van der Waals surface area contributed by atoms with E-state index in [2.05, 4.69) is 20.9 Å². The molecule has 0 amide bonds. The second-order valence-electron chi connectivity index (χ2n) is 4.32. The van der Waals surface area contributed by atoms with Gasteiger partial charge in [0.15, 0.2) is 0 Å². The van der Waals surface area contributed by atoms with E-state index >= 15 is 0 Å². The zero-order valence-electron chi connectivity index (χ0n) is 9.10. The fourth-order valence-electron chi connectivity index (χ4n) is 1.90. The number of nitrogens with zero attached hydrogens (tertiary/aromatic N) is 2. The third-order valence-electron chi connectivity index (χ3n) is 3.15. The molecule has 1 heterocycles. The summed E-state index contributed by atoms with van der Waals surface area (Å²) in [4.78, 5) is 0. The first-order chi connectivity index (χ1) is 8.28. The van der Waals surface area contributed by atoms with Gasteiger partial charge >= 0.3 is 0 Å². The predicted octanol–water partition coefficient (Wildman–Crippen LogP) is 3.30. The minimum atomic E-state index is 0.161. The van der Waals surface area contributed by atoms with E-state index in [1.165, 1.54) is 17.3 Å². The van der Waals surface area contributed by atoms with Crippen molar-refractivity contribution in [2.24, 2.45) is 0 Å². The van der Waals surface area contributed by atoms with Gasteiger partial charge in [0, 0.05) is 10.4 Å². The molecule has 1 aliphatic rings. The van der Waals surface area contributed by atoms with Crippen LogP contribution in [0.15, 0.2) is 30.5 Å². The highest BCUT2D eigenvalue weighted by Crippen LogP contribution is 2.48. The van der Waals surface area contributed by atoms with E-state index in [0.29, 0.717) is 12.5 Å². The monoisotopic (exact) mass is 266 g/mol. The van der Waals surface area contributed by atoms with Crippen LogP contribution in [0.25, 0.3) is 0 Å². The Morgan fingerprint density at radius 2 is 2.06 bits per heavy atom. The molecule has 0 bridgehead atoms. The molecule has 0 unspecified atom stereocenters. The molecule has 3 nitrogen and oxygen atoms in total. The van der Waals surface area contributed by atoms with Crippen molar-refractivity contribution in [3.63, 3.8) is 0 Å². The van der Waals surface area contributed by atoms with Crippen molar-refractivity contribution in [2.75, 3.05) is 6.61 Å². The van der Waals surface area contributed by atoms with Crippen LogP contribution in [-0.4, -0.2) is 15.4 Å². The highest BCUT2D eigenvalue weighted by Gasteiger charge is 2.45. The number of rotatable bonds is 4. The lowest BCUT2D eigenvalue weighted by molar-refractivity contribution is 0.270. The van der Waals surface area contributed by atoms with Crippen molar-refractivity contribution >= 4 is 23.3 Å². The summed E-state index contributed by atoms with van der Waals surface area (Å²) in [7, 11) is 0. The zero-order valence-corrected chi connectivity index (χ0v) is 10.7. The maximum absolute atomic E-state index is 5.89. The van der Waals surface area contributed by atoms with Gasteiger partial charge in [0.2, 0.25) is 5.88 Å². The lowest BCUT2D eigenvalue weighted by Gasteiger charge is -2.15. The highest BCUT2D eigenvalue weighted by molar-refractivity contribution is 6.99. The van der Waals surface area contributed by atoms with Gasteiger partial charge in [-0.15, -0.1) is 4.37 Å². The largest absolute Gasteiger partial charge is 0.475 e. The predicted molar refractivity (Wildman–Crippen MR) is 67.8 cm³/mol. The Labute approximate surface area is 109 Å². The van der Waals surface area contributed by atoms with Crippen LogP contribution >= 0.6 is 23.3 Å².